The van der Waals surface area contributed by atoms with Crippen molar-refractivity contribution in [2.45, 2.75) is 24.2 Å². The fraction of sp³-hybridized carbons (Fsp3) is 0.286. The van der Waals surface area contributed by atoms with E-state index in [1.54, 1.807) is 12.1 Å². The van der Waals surface area contributed by atoms with Gasteiger partial charge >= 0.3 is 0 Å². The van der Waals surface area contributed by atoms with E-state index in [9.17, 15) is 9.18 Å². The molecule has 3 rings (SSSR count). The second-order valence-electron chi connectivity index (χ2n) is 6.17. The highest BCUT2D eigenvalue weighted by Gasteiger charge is 2.13. The molecule has 0 fully saturated rings. The summed E-state index contributed by atoms with van der Waals surface area (Å²) in [7, 11) is 0. The third kappa shape index (κ3) is 5.55. The number of thioether (sulfide) groups is 1. The number of carbonyl (C=O) groups excluding carboxylic acids is 1. The summed E-state index contributed by atoms with van der Waals surface area (Å²) in [5.74, 6) is -0.214. The van der Waals surface area contributed by atoms with Gasteiger partial charge in [0.25, 0.3) is 0 Å². The third-order valence-corrected chi connectivity index (χ3v) is 5.43. The molecule has 0 saturated carbocycles. The highest BCUT2D eigenvalue weighted by atomic mass is 32.2. The smallest absolute Gasteiger partial charge is 0.162 e. The van der Waals surface area contributed by atoms with Crippen molar-refractivity contribution in [3.05, 3.63) is 77.0 Å². The topological polar surface area (TPSA) is 20.3 Å². The van der Waals surface area contributed by atoms with E-state index in [0.29, 0.717) is 12.0 Å². The van der Waals surface area contributed by atoms with E-state index in [2.05, 4.69) is 35.2 Å². The van der Waals surface area contributed by atoms with Crippen molar-refractivity contribution in [1.29, 1.82) is 0 Å². The number of nitrogens with zero attached hydrogens (tertiary/aromatic N) is 1. The molecule has 0 radical (unpaired) electrons. The summed E-state index contributed by atoms with van der Waals surface area (Å²) in [6.45, 7) is 2.91. The molecule has 1 aliphatic heterocycles. The molecular formula is C21H22FNOS. The van der Waals surface area contributed by atoms with Crippen molar-refractivity contribution >= 4 is 17.5 Å². The Morgan fingerprint density at radius 2 is 1.84 bits per heavy atom. The molecular weight excluding hydrogens is 333 g/mol. The minimum Gasteiger partial charge on any atom is -0.299 e. The minimum atomic E-state index is -0.305. The molecule has 0 aliphatic carbocycles. The first kappa shape index (κ1) is 17.9. The fourth-order valence-corrected chi connectivity index (χ4v) is 3.82. The van der Waals surface area contributed by atoms with E-state index in [1.807, 2.05) is 17.8 Å². The Hall–Kier alpha value is -1.91. The van der Waals surface area contributed by atoms with E-state index in [1.165, 1.54) is 21.9 Å². The lowest BCUT2D eigenvalue weighted by Crippen LogP contribution is -2.29. The van der Waals surface area contributed by atoms with Gasteiger partial charge in [-0.1, -0.05) is 36.0 Å². The molecule has 2 aromatic rings. The Labute approximate surface area is 152 Å². The van der Waals surface area contributed by atoms with Gasteiger partial charge in [0, 0.05) is 30.0 Å². The second-order valence-corrected chi connectivity index (χ2v) is 7.37. The van der Waals surface area contributed by atoms with Crippen LogP contribution in [-0.2, 0) is 0 Å². The highest BCUT2D eigenvalue weighted by molar-refractivity contribution is 8.03. The number of Topliss-reactive ketones (excluding diaryl/α,β-unsaturated/α-hetero) is 1. The van der Waals surface area contributed by atoms with Crippen LogP contribution in [0.3, 0.4) is 0 Å². The number of benzene rings is 2. The second kappa shape index (κ2) is 8.97. The van der Waals surface area contributed by atoms with Gasteiger partial charge in [-0.05, 0) is 60.7 Å². The maximum Gasteiger partial charge on any atom is 0.162 e. The van der Waals surface area contributed by atoms with Gasteiger partial charge in [-0.2, -0.15) is 0 Å². The molecule has 2 nitrogen and oxygen atoms in total. The van der Waals surface area contributed by atoms with E-state index < -0.39 is 0 Å². The van der Waals surface area contributed by atoms with Gasteiger partial charge in [-0.25, -0.2) is 4.39 Å². The Morgan fingerprint density at radius 3 is 2.52 bits per heavy atom. The summed E-state index contributed by atoms with van der Waals surface area (Å²) in [6, 6.07) is 16.3. The summed E-state index contributed by atoms with van der Waals surface area (Å²) < 4.78 is 12.9. The molecule has 0 unspecified atom stereocenters. The summed E-state index contributed by atoms with van der Waals surface area (Å²) in [5, 5.41) is 0. The Kier molecular flexibility index (Phi) is 6.42. The zero-order valence-corrected chi connectivity index (χ0v) is 15.0. The first-order valence-corrected chi connectivity index (χ1v) is 9.45. The van der Waals surface area contributed by atoms with Crippen molar-refractivity contribution < 1.29 is 9.18 Å². The van der Waals surface area contributed by atoms with Gasteiger partial charge in [0.15, 0.2) is 5.78 Å². The van der Waals surface area contributed by atoms with Crippen LogP contribution in [0.4, 0.5) is 4.39 Å². The van der Waals surface area contributed by atoms with Crippen LogP contribution >= 0.6 is 11.8 Å². The molecule has 0 aromatic heterocycles. The highest BCUT2D eigenvalue weighted by Crippen LogP contribution is 2.30. The van der Waals surface area contributed by atoms with Gasteiger partial charge in [-0.3, -0.25) is 9.69 Å². The molecule has 0 spiro atoms. The van der Waals surface area contributed by atoms with E-state index in [0.717, 1.165) is 32.5 Å². The molecule has 0 saturated heterocycles. The molecule has 0 amide bonds. The lowest BCUT2D eigenvalue weighted by Gasteiger charge is -2.25. The molecule has 1 aliphatic rings. The van der Waals surface area contributed by atoms with Crippen LogP contribution in [0.15, 0.2) is 70.5 Å². The number of halogens is 1. The van der Waals surface area contributed by atoms with Gasteiger partial charge in [0.05, 0.1) is 0 Å². The van der Waals surface area contributed by atoms with Gasteiger partial charge in [0.1, 0.15) is 5.82 Å². The number of ketones is 1. The van der Waals surface area contributed by atoms with Crippen LogP contribution in [0.2, 0.25) is 0 Å². The number of hydrogen-bond acceptors (Lipinski definition) is 3. The monoisotopic (exact) mass is 355 g/mol. The van der Waals surface area contributed by atoms with Crippen molar-refractivity contribution in [1.82, 2.24) is 4.90 Å². The van der Waals surface area contributed by atoms with Crippen LogP contribution in [0.25, 0.3) is 0 Å². The van der Waals surface area contributed by atoms with Crippen molar-refractivity contribution in [2.75, 3.05) is 19.6 Å². The van der Waals surface area contributed by atoms with Crippen LogP contribution in [-0.4, -0.2) is 30.3 Å². The summed E-state index contributed by atoms with van der Waals surface area (Å²) in [4.78, 5) is 17.2. The fourth-order valence-electron chi connectivity index (χ4n) is 2.87. The van der Waals surface area contributed by atoms with Gasteiger partial charge in [0.2, 0.25) is 0 Å². The summed E-state index contributed by atoms with van der Waals surface area (Å²) >= 11 is 1.84. The molecule has 25 heavy (non-hydrogen) atoms. The van der Waals surface area contributed by atoms with Crippen LogP contribution in [0.5, 0.6) is 0 Å². The normalized spacial score (nSPS) is 15.0. The van der Waals surface area contributed by atoms with Gasteiger partial charge in [-0.15, -0.1) is 0 Å². The number of rotatable bonds is 7. The van der Waals surface area contributed by atoms with Crippen molar-refractivity contribution in [3.8, 4) is 0 Å². The van der Waals surface area contributed by atoms with Crippen LogP contribution < -0.4 is 0 Å². The van der Waals surface area contributed by atoms with Gasteiger partial charge < -0.3 is 0 Å². The average molecular weight is 355 g/mol. The number of carbonyl (C=O) groups is 1. The quantitative estimate of drug-likeness (QED) is 0.639. The Morgan fingerprint density at radius 1 is 1.08 bits per heavy atom. The molecule has 2 aromatic carbocycles. The molecule has 0 atom stereocenters. The Bertz CT molecular complexity index is 727. The maximum atomic E-state index is 12.9. The van der Waals surface area contributed by atoms with E-state index >= 15 is 0 Å². The first-order chi connectivity index (χ1) is 12.2. The minimum absolute atomic E-state index is 0.0906. The molecule has 130 valence electrons. The SMILES string of the molecule is O=C(CCCN1CC=C(Sc2ccccc2)CC1)c1ccc(F)cc1. The zero-order valence-electron chi connectivity index (χ0n) is 14.2. The predicted octanol–water partition coefficient (Wildman–Crippen LogP) is 5.17. The first-order valence-electron chi connectivity index (χ1n) is 8.64. The third-order valence-electron chi connectivity index (χ3n) is 4.29. The van der Waals surface area contributed by atoms with Crippen molar-refractivity contribution in [2.24, 2.45) is 0 Å². The number of hydrogen-bond donors (Lipinski definition) is 0. The summed E-state index contributed by atoms with van der Waals surface area (Å²) in [6.07, 6.45) is 4.71. The van der Waals surface area contributed by atoms with E-state index in [4.69, 9.17) is 0 Å². The lowest BCUT2D eigenvalue weighted by molar-refractivity contribution is 0.0975. The lowest BCUT2D eigenvalue weighted by atomic mass is 10.1. The molecule has 4 heteroatoms. The average Bonchev–Trinajstić information content (AvgIpc) is 2.64. The zero-order chi connectivity index (χ0) is 17.5. The van der Waals surface area contributed by atoms with E-state index in [-0.39, 0.29) is 11.6 Å². The molecule has 0 N–H and O–H groups in total. The predicted molar refractivity (Wildman–Crippen MR) is 101 cm³/mol. The molecule has 1 heterocycles. The van der Waals surface area contributed by atoms with Crippen molar-refractivity contribution in [3.63, 3.8) is 0 Å². The van der Waals surface area contributed by atoms with Crippen LogP contribution in [0.1, 0.15) is 29.6 Å². The maximum absolute atomic E-state index is 12.9. The van der Waals surface area contributed by atoms with Crippen LogP contribution in [0, 0.1) is 5.82 Å². The standard InChI is InChI=1S/C21H22FNOS/c22-18-10-8-17(9-11-18)21(24)7-4-14-23-15-12-20(13-16-23)25-19-5-2-1-3-6-19/h1-3,5-6,8-12H,4,7,13-16H2. The summed E-state index contributed by atoms with van der Waals surface area (Å²) in [5.41, 5.74) is 0.599. The Balaban J connectivity index is 1.40. The largest absolute Gasteiger partial charge is 0.299 e. The molecule has 0 bridgehead atoms.